The lowest BCUT2D eigenvalue weighted by atomic mass is 9.78. The van der Waals surface area contributed by atoms with Gasteiger partial charge in [0.05, 0.1) is 0 Å². The highest BCUT2D eigenvalue weighted by Gasteiger charge is 2.27. The van der Waals surface area contributed by atoms with E-state index < -0.39 is 0 Å². The summed E-state index contributed by atoms with van der Waals surface area (Å²) in [6.07, 6.45) is 9.86. The lowest BCUT2D eigenvalue weighted by Gasteiger charge is -2.37. The Morgan fingerprint density at radius 3 is 2.37 bits per heavy atom. The van der Waals surface area contributed by atoms with Crippen molar-refractivity contribution in [2.24, 2.45) is 4.99 Å². The maximum absolute atomic E-state index is 13.5. The van der Waals surface area contributed by atoms with Crippen LogP contribution >= 0.6 is 0 Å². The van der Waals surface area contributed by atoms with Crippen molar-refractivity contribution in [2.75, 3.05) is 31.2 Å². The highest BCUT2D eigenvalue weighted by atomic mass is 16.5. The van der Waals surface area contributed by atoms with Crippen LogP contribution in [0, 0.1) is 6.92 Å². The number of amides is 1. The minimum absolute atomic E-state index is 0.0163. The molecule has 1 aliphatic heterocycles. The van der Waals surface area contributed by atoms with Crippen LogP contribution in [-0.4, -0.2) is 50.5 Å². The minimum Gasteiger partial charge on any atom is -0.381 e. The molecule has 1 aromatic rings. The molecule has 1 heterocycles. The smallest absolute Gasteiger partial charge is 0.251 e. The molecule has 194 valence electrons. The van der Waals surface area contributed by atoms with Crippen molar-refractivity contribution in [3.63, 3.8) is 0 Å². The monoisotopic (exact) mass is 481 g/mol. The summed E-state index contributed by atoms with van der Waals surface area (Å²) in [7, 11) is 0. The summed E-state index contributed by atoms with van der Waals surface area (Å²) in [5, 5.41) is 3.22. The molecule has 1 aliphatic carbocycles. The summed E-state index contributed by atoms with van der Waals surface area (Å²) in [5.41, 5.74) is 6.74. The van der Waals surface area contributed by atoms with E-state index in [4.69, 9.17) is 9.73 Å². The van der Waals surface area contributed by atoms with Crippen LogP contribution in [0.4, 0.5) is 5.69 Å². The second-order valence-electron chi connectivity index (χ2n) is 10.4. The molecule has 0 unspecified atom stereocenters. The number of allylic oxidation sites excluding steroid dienone is 1. The summed E-state index contributed by atoms with van der Waals surface area (Å²) in [6.45, 7) is 16.0. The number of nitrogens with zero attached hydrogens (tertiary/aromatic N) is 2. The SMILES string of the molecule is CCC(CC)N=CC(CNC(=O)c1cc(C2CCC2)cc(N(CC)C2CCOCC2)c1C)=C(C)C. The molecule has 1 N–H and O–H groups in total. The Hall–Kier alpha value is -2.14. The number of rotatable bonds is 11. The van der Waals surface area contributed by atoms with Crippen LogP contribution < -0.4 is 10.2 Å². The lowest BCUT2D eigenvalue weighted by molar-refractivity contribution is 0.0845. The van der Waals surface area contributed by atoms with Crippen LogP contribution in [0.5, 0.6) is 0 Å². The van der Waals surface area contributed by atoms with Crippen molar-refractivity contribution >= 4 is 17.8 Å². The van der Waals surface area contributed by atoms with Gasteiger partial charge in [0.25, 0.3) is 5.91 Å². The van der Waals surface area contributed by atoms with Gasteiger partial charge in [0, 0.05) is 55.9 Å². The van der Waals surface area contributed by atoms with E-state index in [1.807, 2.05) is 6.21 Å². The standard InChI is InChI=1S/C30H47N3O2/c1-7-26(8-2)31-19-25(21(4)5)20-32-30(34)28-17-24(23-11-10-12-23)18-29(22(28)6)33(9-3)27-13-15-35-16-14-27/h17-19,23,26-27H,7-16,20H2,1-6H3,(H,32,34). The molecule has 1 saturated heterocycles. The molecule has 5 nitrogen and oxygen atoms in total. The zero-order valence-electron chi connectivity index (χ0n) is 23.0. The normalized spacial score (nSPS) is 17.0. The van der Waals surface area contributed by atoms with E-state index in [1.54, 1.807) is 0 Å². The van der Waals surface area contributed by atoms with Gasteiger partial charge in [-0.2, -0.15) is 0 Å². The minimum atomic E-state index is 0.0163. The molecular formula is C30H47N3O2. The number of hydrogen-bond donors (Lipinski definition) is 1. The number of hydrogen-bond acceptors (Lipinski definition) is 4. The number of benzene rings is 1. The number of carbonyl (C=O) groups is 1. The molecule has 1 saturated carbocycles. The summed E-state index contributed by atoms with van der Waals surface area (Å²) in [6, 6.07) is 5.35. The molecule has 0 aromatic heterocycles. The number of ether oxygens (including phenoxy) is 1. The van der Waals surface area contributed by atoms with Gasteiger partial charge >= 0.3 is 0 Å². The van der Waals surface area contributed by atoms with E-state index >= 15 is 0 Å². The fourth-order valence-corrected chi connectivity index (χ4v) is 5.17. The zero-order chi connectivity index (χ0) is 25.4. The third-order valence-electron chi connectivity index (χ3n) is 7.97. The highest BCUT2D eigenvalue weighted by Crippen LogP contribution is 2.40. The first-order valence-corrected chi connectivity index (χ1v) is 13.9. The number of carbonyl (C=O) groups excluding carboxylic acids is 1. The van der Waals surface area contributed by atoms with Crippen molar-refractivity contribution in [3.8, 4) is 0 Å². The first kappa shape index (κ1) is 27.4. The molecule has 5 heteroatoms. The van der Waals surface area contributed by atoms with Crippen LogP contribution in [0.25, 0.3) is 0 Å². The van der Waals surface area contributed by atoms with Crippen molar-refractivity contribution in [3.05, 3.63) is 40.0 Å². The van der Waals surface area contributed by atoms with Gasteiger partial charge in [0.15, 0.2) is 0 Å². The van der Waals surface area contributed by atoms with Gasteiger partial charge in [-0.15, -0.1) is 0 Å². The van der Waals surface area contributed by atoms with Crippen molar-refractivity contribution in [2.45, 2.75) is 104 Å². The van der Waals surface area contributed by atoms with E-state index in [1.165, 1.54) is 36.1 Å². The lowest BCUT2D eigenvalue weighted by Crippen LogP contribution is -2.40. The van der Waals surface area contributed by atoms with Gasteiger partial charge in [-0.05, 0) is 101 Å². The molecule has 2 fully saturated rings. The number of aliphatic imine (C=N–C) groups is 1. The Morgan fingerprint density at radius 1 is 1.14 bits per heavy atom. The molecule has 2 aliphatic rings. The molecule has 35 heavy (non-hydrogen) atoms. The molecule has 3 rings (SSSR count). The first-order chi connectivity index (χ1) is 16.9. The summed E-state index contributed by atoms with van der Waals surface area (Å²) in [5.74, 6) is 0.595. The molecule has 0 bridgehead atoms. The van der Waals surface area contributed by atoms with Crippen molar-refractivity contribution in [1.29, 1.82) is 0 Å². The van der Waals surface area contributed by atoms with E-state index in [0.717, 1.165) is 62.1 Å². The molecule has 1 amide bonds. The zero-order valence-corrected chi connectivity index (χ0v) is 23.0. The van der Waals surface area contributed by atoms with Crippen LogP contribution in [-0.2, 0) is 4.74 Å². The molecular weight excluding hydrogens is 434 g/mol. The average Bonchev–Trinajstić information content (AvgIpc) is 2.82. The Morgan fingerprint density at radius 2 is 1.83 bits per heavy atom. The molecule has 0 radical (unpaired) electrons. The maximum atomic E-state index is 13.5. The topological polar surface area (TPSA) is 53.9 Å². The molecule has 1 aromatic carbocycles. The third kappa shape index (κ3) is 6.97. The van der Waals surface area contributed by atoms with Gasteiger partial charge in [-0.1, -0.05) is 25.8 Å². The molecule has 0 spiro atoms. The van der Waals surface area contributed by atoms with E-state index in [2.05, 4.69) is 63.9 Å². The summed E-state index contributed by atoms with van der Waals surface area (Å²) < 4.78 is 5.63. The summed E-state index contributed by atoms with van der Waals surface area (Å²) in [4.78, 5) is 20.8. The second-order valence-corrected chi connectivity index (χ2v) is 10.4. The fraction of sp³-hybridized carbons (Fsp3) is 0.667. The van der Waals surface area contributed by atoms with E-state index in [0.29, 0.717) is 24.5 Å². The number of anilines is 1. The predicted octanol–water partition coefficient (Wildman–Crippen LogP) is 6.59. The largest absolute Gasteiger partial charge is 0.381 e. The van der Waals surface area contributed by atoms with Crippen LogP contribution in [0.3, 0.4) is 0 Å². The fourth-order valence-electron chi connectivity index (χ4n) is 5.17. The third-order valence-corrected chi connectivity index (χ3v) is 7.97. The Balaban J connectivity index is 1.86. The van der Waals surface area contributed by atoms with Gasteiger partial charge < -0.3 is 15.0 Å². The predicted molar refractivity (Wildman–Crippen MR) is 148 cm³/mol. The second kappa shape index (κ2) is 13.2. The van der Waals surface area contributed by atoms with Crippen molar-refractivity contribution < 1.29 is 9.53 Å². The Kier molecular flexibility index (Phi) is 10.4. The number of nitrogens with one attached hydrogen (secondary N) is 1. The summed E-state index contributed by atoms with van der Waals surface area (Å²) >= 11 is 0. The maximum Gasteiger partial charge on any atom is 0.251 e. The van der Waals surface area contributed by atoms with Crippen LogP contribution in [0.15, 0.2) is 28.3 Å². The van der Waals surface area contributed by atoms with Gasteiger partial charge in [0.1, 0.15) is 0 Å². The van der Waals surface area contributed by atoms with Gasteiger partial charge in [-0.3, -0.25) is 9.79 Å². The quantitative estimate of drug-likeness (QED) is 0.363. The van der Waals surface area contributed by atoms with E-state index in [-0.39, 0.29) is 5.91 Å². The average molecular weight is 482 g/mol. The van der Waals surface area contributed by atoms with Crippen molar-refractivity contribution in [1.82, 2.24) is 5.32 Å². The Labute approximate surface area is 213 Å². The van der Waals surface area contributed by atoms with Crippen LogP contribution in [0.1, 0.15) is 107 Å². The van der Waals surface area contributed by atoms with Gasteiger partial charge in [0.2, 0.25) is 0 Å². The highest BCUT2D eigenvalue weighted by molar-refractivity contribution is 5.98. The Bertz CT molecular complexity index is 902. The first-order valence-electron chi connectivity index (χ1n) is 13.9. The van der Waals surface area contributed by atoms with E-state index in [9.17, 15) is 4.79 Å². The molecule has 0 atom stereocenters. The van der Waals surface area contributed by atoms with Gasteiger partial charge in [-0.25, -0.2) is 0 Å². The van der Waals surface area contributed by atoms with Crippen LogP contribution in [0.2, 0.25) is 0 Å².